The van der Waals surface area contributed by atoms with Crippen LogP contribution < -0.4 is 36.3 Å². The van der Waals surface area contributed by atoms with Crippen molar-refractivity contribution in [2.45, 2.75) is 6.04 Å². The highest BCUT2D eigenvalue weighted by atomic mass is 16.5. The molecule has 0 saturated carbocycles. The molecule has 11 nitrogen and oxygen atoms in total. The second-order valence-corrected chi connectivity index (χ2v) is 5.85. The first-order valence-corrected chi connectivity index (χ1v) is 8.27. The van der Waals surface area contributed by atoms with Crippen LogP contribution in [0.4, 0.5) is 17.3 Å². The van der Waals surface area contributed by atoms with Gasteiger partial charge in [-0.15, -0.1) is 0 Å². The molecule has 2 aromatic rings. The molecule has 3 rings (SSSR count). The fourth-order valence-electron chi connectivity index (χ4n) is 3.07. The van der Waals surface area contributed by atoms with E-state index in [0.717, 1.165) is 0 Å². The number of rotatable bonds is 4. The number of nitriles is 2. The van der Waals surface area contributed by atoms with Crippen molar-refractivity contribution in [2.24, 2.45) is 4.99 Å². The third kappa shape index (κ3) is 3.21. The van der Waals surface area contributed by atoms with Crippen molar-refractivity contribution >= 4 is 23.3 Å². The maximum Gasteiger partial charge on any atom is 0.211 e. The van der Waals surface area contributed by atoms with Gasteiger partial charge in [-0.05, 0) is 6.07 Å². The maximum absolute atomic E-state index is 9.42. The van der Waals surface area contributed by atoms with Crippen LogP contribution >= 0.6 is 0 Å². The first-order chi connectivity index (χ1) is 14.0. The topological polar surface area (TPSA) is 177 Å². The van der Waals surface area contributed by atoms with Gasteiger partial charge in [0.2, 0.25) is 5.96 Å². The number of nitrogens with two attached hydrogens (primary N) is 2. The standard InChI is InChI=1S/C18H18N8O3/c1-27-10-5-12(29-3)11(28-2)4-8(10)15-13-14(21)9(6-19)16(22)25-17(13)26-18(24-15)23-7-20/h4-5,15H,1-3H3,(H6,21,22,23,24,25,26). The predicted molar refractivity (Wildman–Crippen MR) is 106 cm³/mol. The first-order valence-electron chi connectivity index (χ1n) is 8.27. The van der Waals surface area contributed by atoms with E-state index in [0.29, 0.717) is 28.4 Å². The Morgan fingerprint density at radius 2 is 1.72 bits per heavy atom. The molecule has 1 aliphatic heterocycles. The third-order valence-corrected chi connectivity index (χ3v) is 4.39. The second kappa shape index (κ2) is 7.70. The number of ether oxygens (including phenoxy) is 3. The molecule has 0 amide bonds. The summed E-state index contributed by atoms with van der Waals surface area (Å²) in [6.45, 7) is 0. The molecule has 0 bridgehead atoms. The lowest BCUT2D eigenvalue weighted by atomic mass is 9.94. The van der Waals surface area contributed by atoms with E-state index in [-0.39, 0.29) is 28.8 Å². The fraction of sp³-hybridized carbons (Fsp3) is 0.222. The Bertz CT molecular complexity index is 1080. The van der Waals surface area contributed by atoms with Crippen molar-refractivity contribution < 1.29 is 14.2 Å². The molecule has 1 aromatic heterocycles. The molecule has 0 saturated heterocycles. The number of pyridine rings is 1. The summed E-state index contributed by atoms with van der Waals surface area (Å²) in [4.78, 5) is 8.74. The van der Waals surface area contributed by atoms with Crippen molar-refractivity contribution in [3.63, 3.8) is 0 Å². The number of benzene rings is 1. The molecule has 29 heavy (non-hydrogen) atoms. The first kappa shape index (κ1) is 19.4. The van der Waals surface area contributed by atoms with Gasteiger partial charge in [0, 0.05) is 17.2 Å². The molecule has 0 fully saturated rings. The van der Waals surface area contributed by atoms with Gasteiger partial charge in [-0.25, -0.2) is 9.98 Å². The van der Waals surface area contributed by atoms with E-state index in [2.05, 4.69) is 20.6 Å². The van der Waals surface area contributed by atoms with Crippen LogP contribution in [0.25, 0.3) is 0 Å². The van der Waals surface area contributed by atoms with Crippen molar-refractivity contribution in [3.8, 4) is 29.5 Å². The van der Waals surface area contributed by atoms with E-state index in [9.17, 15) is 5.26 Å². The lowest BCUT2D eigenvalue weighted by molar-refractivity contribution is 0.347. The molecule has 1 unspecified atom stereocenters. The average molecular weight is 394 g/mol. The number of nitrogens with one attached hydrogen (secondary N) is 2. The maximum atomic E-state index is 9.42. The molecule has 1 atom stereocenters. The summed E-state index contributed by atoms with van der Waals surface area (Å²) in [5.41, 5.74) is 13.3. The Labute approximate surface area is 166 Å². The van der Waals surface area contributed by atoms with Crippen LogP contribution in [0.1, 0.15) is 22.7 Å². The van der Waals surface area contributed by atoms with E-state index in [1.54, 1.807) is 18.3 Å². The van der Waals surface area contributed by atoms with Gasteiger partial charge in [-0.2, -0.15) is 10.5 Å². The van der Waals surface area contributed by atoms with Gasteiger partial charge in [0.1, 0.15) is 35.1 Å². The zero-order chi connectivity index (χ0) is 21.1. The van der Waals surface area contributed by atoms with Crippen LogP contribution in [0.15, 0.2) is 17.1 Å². The molecule has 2 heterocycles. The number of hydrogen-bond acceptors (Lipinski definition) is 11. The van der Waals surface area contributed by atoms with Gasteiger partial charge in [0.05, 0.1) is 27.0 Å². The smallest absolute Gasteiger partial charge is 0.211 e. The largest absolute Gasteiger partial charge is 0.496 e. The van der Waals surface area contributed by atoms with Gasteiger partial charge >= 0.3 is 0 Å². The van der Waals surface area contributed by atoms with Gasteiger partial charge in [-0.1, -0.05) is 0 Å². The minimum atomic E-state index is -0.767. The third-order valence-electron chi connectivity index (χ3n) is 4.39. The predicted octanol–water partition coefficient (Wildman–Crippen LogP) is 1.09. The monoisotopic (exact) mass is 394 g/mol. The summed E-state index contributed by atoms with van der Waals surface area (Å²) in [5, 5.41) is 23.7. The van der Waals surface area contributed by atoms with Crippen molar-refractivity contribution in [1.82, 2.24) is 10.3 Å². The van der Waals surface area contributed by atoms with E-state index >= 15 is 0 Å². The average Bonchev–Trinajstić information content (AvgIpc) is 2.72. The van der Waals surface area contributed by atoms with Crippen molar-refractivity contribution in [2.75, 3.05) is 38.1 Å². The normalized spacial score (nSPS) is 14.4. The second-order valence-electron chi connectivity index (χ2n) is 5.85. The molecule has 11 heteroatoms. The van der Waals surface area contributed by atoms with Crippen LogP contribution in [0.5, 0.6) is 17.2 Å². The Kier molecular flexibility index (Phi) is 5.15. The molecule has 0 aliphatic carbocycles. The Morgan fingerprint density at radius 1 is 1.07 bits per heavy atom. The number of nitrogen functional groups attached to an aromatic ring is 2. The molecule has 1 aromatic carbocycles. The number of nitrogens with zero attached hydrogens (tertiary/aromatic N) is 4. The van der Waals surface area contributed by atoms with Crippen molar-refractivity contribution in [1.29, 1.82) is 10.5 Å². The van der Waals surface area contributed by atoms with Crippen LogP contribution in [0.2, 0.25) is 0 Å². The molecule has 6 N–H and O–H groups in total. The zero-order valence-electron chi connectivity index (χ0n) is 15.9. The number of anilines is 3. The molecule has 0 radical (unpaired) electrons. The van der Waals surface area contributed by atoms with E-state index in [1.807, 2.05) is 6.07 Å². The van der Waals surface area contributed by atoms with E-state index < -0.39 is 6.04 Å². The lowest BCUT2D eigenvalue weighted by Crippen LogP contribution is -2.32. The summed E-state index contributed by atoms with van der Waals surface area (Å²) >= 11 is 0. The number of fused-ring (bicyclic) bond motifs is 1. The Morgan fingerprint density at radius 3 is 2.31 bits per heavy atom. The minimum Gasteiger partial charge on any atom is -0.496 e. The summed E-state index contributed by atoms with van der Waals surface area (Å²) in [7, 11) is 4.50. The van der Waals surface area contributed by atoms with Crippen LogP contribution in [0.3, 0.4) is 0 Å². The number of aliphatic imine (C=N–C) groups is 1. The highest BCUT2D eigenvalue weighted by Crippen LogP contribution is 2.46. The fourth-order valence-corrected chi connectivity index (χ4v) is 3.07. The molecular formula is C18H18N8O3. The highest BCUT2D eigenvalue weighted by Gasteiger charge is 2.32. The van der Waals surface area contributed by atoms with Crippen LogP contribution in [-0.4, -0.2) is 32.3 Å². The molecule has 1 aliphatic rings. The quantitative estimate of drug-likeness (QED) is 0.433. The summed E-state index contributed by atoms with van der Waals surface area (Å²) in [6, 6.07) is 4.53. The summed E-state index contributed by atoms with van der Waals surface area (Å²) < 4.78 is 16.2. The molecular weight excluding hydrogens is 376 g/mol. The molecule has 148 valence electrons. The lowest BCUT2D eigenvalue weighted by Gasteiger charge is -2.27. The highest BCUT2D eigenvalue weighted by molar-refractivity contribution is 5.98. The van der Waals surface area contributed by atoms with Crippen LogP contribution in [-0.2, 0) is 0 Å². The summed E-state index contributed by atoms with van der Waals surface area (Å²) in [6.07, 6.45) is 1.80. The van der Waals surface area contributed by atoms with E-state index in [4.69, 9.17) is 30.9 Å². The van der Waals surface area contributed by atoms with Gasteiger partial charge < -0.3 is 31.0 Å². The summed E-state index contributed by atoms with van der Waals surface area (Å²) in [5.74, 6) is 1.72. The van der Waals surface area contributed by atoms with Gasteiger partial charge in [0.15, 0.2) is 17.7 Å². The van der Waals surface area contributed by atoms with Crippen molar-refractivity contribution in [3.05, 3.63) is 28.8 Å². The zero-order valence-corrected chi connectivity index (χ0v) is 15.9. The van der Waals surface area contributed by atoms with Gasteiger partial charge in [-0.3, -0.25) is 5.32 Å². The SMILES string of the molecule is COc1cc(OC)c(C2N=C(NC#N)Nc3nc(N)c(C#N)c(N)c32)cc1OC. The number of methoxy groups -OCH3 is 3. The number of hydrogen-bond donors (Lipinski definition) is 4. The van der Waals surface area contributed by atoms with Gasteiger partial charge in [0.25, 0.3) is 0 Å². The molecule has 0 spiro atoms. The number of aromatic nitrogens is 1. The Balaban J connectivity index is 2.32. The minimum absolute atomic E-state index is 0.0347. The van der Waals surface area contributed by atoms with Crippen LogP contribution in [0, 0.1) is 22.8 Å². The van der Waals surface area contributed by atoms with E-state index in [1.165, 1.54) is 21.3 Å². The number of guanidine groups is 1. The Hall–Kier alpha value is -4.38.